The molecule has 0 aliphatic heterocycles. The quantitative estimate of drug-likeness (QED) is 0.879. The van der Waals surface area contributed by atoms with Crippen LogP contribution in [0.1, 0.15) is 35.4 Å². The molecular formula is C18H17FO. The third kappa shape index (κ3) is 1.64. The summed E-state index contributed by atoms with van der Waals surface area (Å²) in [5, 5.41) is 11.1. The molecular weight excluding hydrogens is 251 g/mol. The molecule has 0 aromatic heterocycles. The first-order valence-corrected chi connectivity index (χ1v) is 7.25. The minimum Gasteiger partial charge on any atom is -0.385 e. The molecule has 0 bridgehead atoms. The van der Waals surface area contributed by atoms with E-state index in [1.54, 1.807) is 6.07 Å². The summed E-state index contributed by atoms with van der Waals surface area (Å²) in [5.41, 5.74) is 1.99. The third-order valence-corrected chi connectivity index (χ3v) is 4.97. The first-order chi connectivity index (χ1) is 9.70. The Hall–Kier alpha value is -1.67. The molecule has 3 atom stereocenters. The molecule has 3 unspecified atom stereocenters. The summed E-state index contributed by atoms with van der Waals surface area (Å²) in [4.78, 5) is 0. The number of rotatable bonds is 2. The van der Waals surface area contributed by atoms with Crippen molar-refractivity contribution in [1.29, 1.82) is 0 Å². The number of hydrogen-bond acceptors (Lipinski definition) is 1. The normalized spacial score (nSPS) is 31.1. The van der Waals surface area contributed by atoms with E-state index in [0.717, 1.165) is 12.0 Å². The smallest absolute Gasteiger partial charge is 0.126 e. The Balaban J connectivity index is 1.67. The minimum absolute atomic E-state index is 0.171. The van der Waals surface area contributed by atoms with Crippen molar-refractivity contribution in [2.45, 2.75) is 30.8 Å². The van der Waals surface area contributed by atoms with E-state index in [2.05, 4.69) is 12.1 Å². The van der Waals surface area contributed by atoms with Gasteiger partial charge in [-0.1, -0.05) is 42.5 Å². The van der Waals surface area contributed by atoms with E-state index in [1.165, 1.54) is 11.6 Å². The standard InChI is InChI=1S/C18H17FO/c19-17-8-4-7-15-13(17)9-10-18(15,20)16-11-14(16)12-5-2-1-3-6-12/h1-8,14,16,20H,9-11H2. The van der Waals surface area contributed by atoms with Gasteiger partial charge in [-0.05, 0) is 53.9 Å². The van der Waals surface area contributed by atoms with E-state index in [-0.39, 0.29) is 11.7 Å². The maximum atomic E-state index is 13.8. The summed E-state index contributed by atoms with van der Waals surface area (Å²) in [5.74, 6) is 0.471. The van der Waals surface area contributed by atoms with Gasteiger partial charge in [-0.25, -0.2) is 4.39 Å². The molecule has 2 aromatic carbocycles. The maximum absolute atomic E-state index is 13.8. The predicted molar refractivity (Wildman–Crippen MR) is 75.9 cm³/mol. The monoisotopic (exact) mass is 268 g/mol. The summed E-state index contributed by atoms with van der Waals surface area (Å²) >= 11 is 0. The Morgan fingerprint density at radius 1 is 1.05 bits per heavy atom. The highest BCUT2D eigenvalue weighted by Crippen LogP contribution is 2.60. The summed E-state index contributed by atoms with van der Waals surface area (Å²) in [6, 6.07) is 15.4. The molecule has 2 aromatic rings. The summed E-state index contributed by atoms with van der Waals surface area (Å²) < 4.78 is 13.8. The van der Waals surface area contributed by atoms with Crippen LogP contribution in [-0.4, -0.2) is 5.11 Å². The highest BCUT2D eigenvalue weighted by atomic mass is 19.1. The molecule has 1 fully saturated rings. The second-order valence-corrected chi connectivity index (χ2v) is 6.05. The van der Waals surface area contributed by atoms with Crippen LogP contribution in [0.15, 0.2) is 48.5 Å². The molecule has 0 spiro atoms. The lowest BCUT2D eigenvalue weighted by molar-refractivity contribution is 0.0128. The van der Waals surface area contributed by atoms with Crippen molar-refractivity contribution in [3.8, 4) is 0 Å². The molecule has 2 aliphatic carbocycles. The average Bonchev–Trinajstić information content (AvgIpc) is 3.21. The van der Waals surface area contributed by atoms with E-state index < -0.39 is 5.60 Å². The van der Waals surface area contributed by atoms with Crippen LogP contribution in [-0.2, 0) is 12.0 Å². The van der Waals surface area contributed by atoms with Gasteiger partial charge in [-0.15, -0.1) is 0 Å². The molecule has 0 saturated heterocycles. The first kappa shape index (κ1) is 12.1. The molecule has 0 heterocycles. The van der Waals surface area contributed by atoms with Crippen molar-refractivity contribution in [2.75, 3.05) is 0 Å². The lowest BCUT2D eigenvalue weighted by Crippen LogP contribution is -2.25. The van der Waals surface area contributed by atoms with Crippen LogP contribution in [0, 0.1) is 11.7 Å². The lowest BCUT2D eigenvalue weighted by Gasteiger charge is -2.24. The molecule has 102 valence electrons. The van der Waals surface area contributed by atoms with Crippen molar-refractivity contribution in [1.82, 2.24) is 0 Å². The van der Waals surface area contributed by atoms with Crippen molar-refractivity contribution < 1.29 is 9.50 Å². The molecule has 1 nitrogen and oxygen atoms in total. The summed E-state index contributed by atoms with van der Waals surface area (Å²) in [6.45, 7) is 0. The van der Waals surface area contributed by atoms with Crippen molar-refractivity contribution in [3.63, 3.8) is 0 Å². The Morgan fingerprint density at radius 2 is 1.85 bits per heavy atom. The SMILES string of the molecule is OC1(C2CC2c2ccccc2)CCc2c(F)cccc21. The van der Waals surface area contributed by atoms with Crippen molar-refractivity contribution in [3.05, 3.63) is 71.0 Å². The van der Waals surface area contributed by atoms with Gasteiger partial charge in [0.05, 0.1) is 5.60 Å². The van der Waals surface area contributed by atoms with Gasteiger partial charge in [0.2, 0.25) is 0 Å². The van der Waals surface area contributed by atoms with Crippen LogP contribution >= 0.6 is 0 Å². The van der Waals surface area contributed by atoms with E-state index >= 15 is 0 Å². The Labute approximate surface area is 118 Å². The third-order valence-electron chi connectivity index (χ3n) is 4.97. The van der Waals surface area contributed by atoms with E-state index in [9.17, 15) is 9.50 Å². The molecule has 2 aliphatic rings. The largest absolute Gasteiger partial charge is 0.385 e. The maximum Gasteiger partial charge on any atom is 0.126 e. The zero-order valence-electron chi connectivity index (χ0n) is 11.2. The summed E-state index contributed by atoms with van der Waals surface area (Å²) in [7, 11) is 0. The number of halogens is 1. The Morgan fingerprint density at radius 3 is 2.65 bits per heavy atom. The Bertz CT molecular complexity index is 652. The van der Waals surface area contributed by atoms with Gasteiger partial charge in [0.25, 0.3) is 0 Å². The molecule has 1 N–H and O–H groups in total. The number of aliphatic hydroxyl groups is 1. The topological polar surface area (TPSA) is 20.2 Å². The number of benzene rings is 2. The van der Waals surface area contributed by atoms with E-state index in [1.807, 2.05) is 24.3 Å². The van der Waals surface area contributed by atoms with Crippen LogP contribution in [0.2, 0.25) is 0 Å². The highest BCUT2D eigenvalue weighted by Gasteiger charge is 2.55. The van der Waals surface area contributed by atoms with Crippen LogP contribution in [0.5, 0.6) is 0 Å². The lowest BCUT2D eigenvalue weighted by atomic mass is 9.88. The van der Waals surface area contributed by atoms with Gasteiger partial charge in [0, 0.05) is 0 Å². The molecule has 1 saturated carbocycles. The second-order valence-electron chi connectivity index (χ2n) is 6.05. The Kier molecular flexibility index (Phi) is 2.52. The molecule has 2 heteroatoms. The molecule has 4 rings (SSSR count). The fourth-order valence-corrected chi connectivity index (χ4v) is 3.85. The van der Waals surface area contributed by atoms with Crippen LogP contribution < -0.4 is 0 Å². The first-order valence-electron chi connectivity index (χ1n) is 7.25. The summed E-state index contributed by atoms with van der Waals surface area (Å²) in [6.07, 6.45) is 2.30. The molecule has 0 radical (unpaired) electrons. The molecule has 20 heavy (non-hydrogen) atoms. The van der Waals surface area contributed by atoms with E-state index in [4.69, 9.17) is 0 Å². The van der Waals surface area contributed by atoms with E-state index in [0.29, 0.717) is 24.3 Å². The van der Waals surface area contributed by atoms with Crippen LogP contribution in [0.25, 0.3) is 0 Å². The zero-order valence-corrected chi connectivity index (χ0v) is 11.2. The fourth-order valence-electron chi connectivity index (χ4n) is 3.85. The van der Waals surface area contributed by atoms with Crippen molar-refractivity contribution in [2.24, 2.45) is 5.92 Å². The predicted octanol–water partition coefficient (Wildman–Crippen LogP) is 3.76. The van der Waals surface area contributed by atoms with Gasteiger partial charge < -0.3 is 5.11 Å². The van der Waals surface area contributed by atoms with Gasteiger partial charge in [0.1, 0.15) is 5.82 Å². The van der Waals surface area contributed by atoms with Gasteiger partial charge >= 0.3 is 0 Å². The zero-order chi connectivity index (χ0) is 13.7. The molecule has 0 amide bonds. The second kappa shape index (κ2) is 4.16. The van der Waals surface area contributed by atoms with Gasteiger partial charge in [-0.3, -0.25) is 0 Å². The number of fused-ring (bicyclic) bond motifs is 1. The van der Waals surface area contributed by atoms with Crippen molar-refractivity contribution >= 4 is 0 Å². The van der Waals surface area contributed by atoms with Gasteiger partial charge in [0.15, 0.2) is 0 Å². The van der Waals surface area contributed by atoms with Crippen LogP contribution in [0.4, 0.5) is 4.39 Å². The highest BCUT2D eigenvalue weighted by molar-refractivity contribution is 5.42. The van der Waals surface area contributed by atoms with Gasteiger partial charge in [-0.2, -0.15) is 0 Å². The minimum atomic E-state index is -0.835. The number of hydrogen-bond donors (Lipinski definition) is 1. The van der Waals surface area contributed by atoms with Crippen LogP contribution in [0.3, 0.4) is 0 Å². The fraction of sp³-hybridized carbons (Fsp3) is 0.333. The average molecular weight is 268 g/mol.